The SMILES string of the molecule is CCCOc1c2cc(-c3sc(Cc4cc5c(C)c6sc(-c7sc(Cc8ccc(-c9cc%10c(C)c%11sc(-c%12sc(C)c%13sc(C(C)=O)cc%12%13)cc%11c(C)c%10s9)s8)c8sc(C(C)=O)cc78)cc6c(C)c5s4)c4sc(C(C)=O)cc34)sc2c(OCCC)c2cc(C)sc12. The van der Waals surface area contributed by atoms with Crippen LogP contribution in [0.1, 0.15) is 128 Å². The summed E-state index contributed by atoms with van der Waals surface area (Å²) in [6.07, 6.45) is 3.44. The van der Waals surface area contributed by atoms with Crippen LogP contribution in [0.4, 0.5) is 0 Å². The number of thiophene rings is 13. The van der Waals surface area contributed by atoms with Crippen LogP contribution in [0.3, 0.4) is 0 Å². The van der Waals surface area contributed by atoms with E-state index in [1.54, 1.807) is 77.5 Å². The second kappa shape index (κ2) is 22.7. The van der Waals surface area contributed by atoms with Gasteiger partial charge in [0.1, 0.15) is 11.5 Å². The van der Waals surface area contributed by atoms with E-state index in [1.807, 2.05) is 90.7 Å². The summed E-state index contributed by atoms with van der Waals surface area (Å²) in [5.41, 5.74) is 5.28. The maximum Gasteiger partial charge on any atom is 0.169 e. The minimum Gasteiger partial charge on any atom is -0.491 e. The molecule has 0 fully saturated rings. The summed E-state index contributed by atoms with van der Waals surface area (Å²) in [5.74, 6) is 2.23. The van der Waals surface area contributed by atoms with Gasteiger partial charge in [-0.2, -0.15) is 0 Å². The zero-order chi connectivity index (χ0) is 62.0. The molecule has 0 spiro atoms. The van der Waals surface area contributed by atoms with Crippen molar-refractivity contribution in [2.45, 2.75) is 102 Å². The van der Waals surface area contributed by atoms with Gasteiger partial charge >= 0.3 is 0 Å². The fraction of sp³-hybridized carbons (Fsp3) is 0.236. The first-order valence-corrected chi connectivity index (χ1v) is 40.5. The van der Waals surface area contributed by atoms with E-state index in [-0.39, 0.29) is 17.3 Å². The van der Waals surface area contributed by atoms with Gasteiger partial charge in [-0.05, 0) is 186 Å². The van der Waals surface area contributed by atoms with Crippen LogP contribution in [-0.4, -0.2) is 30.6 Å². The molecule has 0 atom stereocenters. The molecule has 0 radical (unpaired) electrons. The van der Waals surface area contributed by atoms with E-state index in [4.69, 9.17) is 9.47 Å². The Morgan fingerprint density at radius 1 is 0.344 bits per heavy atom. The number of benzene rings is 3. The molecule has 5 nitrogen and oxygen atoms in total. The third kappa shape index (κ3) is 9.61. The van der Waals surface area contributed by atoms with Crippen LogP contribution in [0, 0.1) is 41.5 Å². The van der Waals surface area contributed by atoms with Crippen LogP contribution < -0.4 is 9.47 Å². The van der Waals surface area contributed by atoms with Crippen molar-refractivity contribution in [1.29, 1.82) is 0 Å². The van der Waals surface area contributed by atoms with Crippen molar-refractivity contribution in [2.75, 3.05) is 13.2 Å². The molecular formula is C72H56O5S13. The van der Waals surface area contributed by atoms with Gasteiger partial charge in [0.25, 0.3) is 0 Å². The molecule has 0 unspecified atom stereocenters. The summed E-state index contributed by atoms with van der Waals surface area (Å²) in [6, 6.07) is 25.3. The molecule has 18 heteroatoms. The van der Waals surface area contributed by atoms with Gasteiger partial charge in [-0.25, -0.2) is 0 Å². The van der Waals surface area contributed by atoms with Gasteiger partial charge in [0, 0.05) is 126 Å². The Morgan fingerprint density at radius 3 is 1.28 bits per heavy atom. The molecule has 0 aliphatic carbocycles. The van der Waals surface area contributed by atoms with Crippen molar-refractivity contribution < 1.29 is 23.9 Å². The van der Waals surface area contributed by atoms with Crippen LogP contribution in [0.5, 0.6) is 11.5 Å². The monoisotopic (exact) mass is 1420 g/mol. The highest BCUT2D eigenvalue weighted by atomic mass is 32.1. The highest BCUT2D eigenvalue weighted by molar-refractivity contribution is 7.33. The zero-order valence-corrected chi connectivity index (χ0v) is 61.6. The van der Waals surface area contributed by atoms with E-state index in [1.165, 1.54) is 156 Å². The molecule has 0 N–H and O–H groups in total. The molecule has 452 valence electrons. The molecule has 0 aliphatic rings. The van der Waals surface area contributed by atoms with E-state index < -0.39 is 0 Å². The van der Waals surface area contributed by atoms with Crippen molar-refractivity contribution in [3.8, 4) is 50.5 Å². The summed E-state index contributed by atoms with van der Waals surface area (Å²) in [7, 11) is 0. The molecule has 0 saturated heterocycles. The average Bonchev–Trinajstić information content (AvgIpc) is 1.59. The van der Waals surface area contributed by atoms with Gasteiger partial charge < -0.3 is 9.47 Å². The van der Waals surface area contributed by atoms with Gasteiger partial charge in [0.05, 0.1) is 51.9 Å². The van der Waals surface area contributed by atoms with Crippen LogP contribution in [-0.2, 0) is 12.8 Å². The molecule has 0 aliphatic heterocycles. The molecule has 16 aromatic rings. The summed E-state index contributed by atoms with van der Waals surface area (Å²) in [4.78, 5) is 58.7. The normalized spacial score (nSPS) is 12.3. The predicted octanol–water partition coefficient (Wildman–Crippen LogP) is 26.8. The number of rotatable bonds is 17. The zero-order valence-electron chi connectivity index (χ0n) is 50.9. The highest BCUT2D eigenvalue weighted by Crippen LogP contribution is 2.57. The standard InChI is InChI=1S/C72H56O5S13/c1-12-16-76-59-44-18-29(3)78-71(44)60(77-17-13-2)45-25-58(90-72(45)59)70-48-28-52(36(10)75)84-68(48)55(89-70)21-39-19-40-30(4)63-42(31(5)61(40)81-39)24-57(87-63)69-47-27-51(35(9)74)83-67(47)54(88-69)20-38-14-15-49(80-38)53-22-41-32(6)64-43(33(7)62(41)85-53)23-56(86-64)66-46-26-50(34(8)73)82-65(46)37(11)79-66/h14-15,18-19,22-28H,12-13,16-17,20-21H2,1-11H3. The van der Waals surface area contributed by atoms with Crippen LogP contribution in [0.2, 0.25) is 0 Å². The lowest BCUT2D eigenvalue weighted by atomic mass is 10.0. The highest BCUT2D eigenvalue weighted by Gasteiger charge is 2.28. The molecule has 13 aromatic heterocycles. The molecule has 0 saturated carbocycles. The topological polar surface area (TPSA) is 69.7 Å². The molecule has 13 heterocycles. The molecule has 3 aromatic carbocycles. The predicted molar refractivity (Wildman–Crippen MR) is 407 cm³/mol. The summed E-state index contributed by atoms with van der Waals surface area (Å²) in [5, 5.41) is 11.0. The average molecular weight is 1420 g/mol. The number of aryl methyl sites for hydroxylation is 6. The van der Waals surface area contributed by atoms with Gasteiger partial charge in [-0.1, -0.05) is 13.8 Å². The quantitative estimate of drug-likeness (QED) is 0.0850. The Balaban J connectivity index is 0.711. The molecule has 0 bridgehead atoms. The fourth-order valence-corrected chi connectivity index (χ4v) is 28.7. The number of fused-ring (bicyclic) bond motifs is 9. The maximum atomic E-state index is 13.1. The number of carbonyl (C=O) groups excluding carboxylic acids is 3. The second-order valence-electron chi connectivity index (χ2n) is 23.4. The Labute approximate surface area is 571 Å². The third-order valence-electron chi connectivity index (χ3n) is 17.1. The third-order valence-corrected chi connectivity index (χ3v) is 34.0. The number of carbonyl (C=O) groups is 3. The van der Waals surface area contributed by atoms with Crippen molar-refractivity contribution >= 4 is 256 Å². The number of ether oxygens (including phenoxy) is 2. The lowest BCUT2D eigenvalue weighted by molar-refractivity contribution is 0.101. The molecular weight excluding hydrogens is 1360 g/mol. The van der Waals surface area contributed by atoms with Crippen molar-refractivity contribution in [3.05, 3.63) is 133 Å². The van der Waals surface area contributed by atoms with Crippen molar-refractivity contribution in [2.24, 2.45) is 0 Å². The molecule has 16 rings (SSSR count). The fourth-order valence-electron chi connectivity index (χ4n) is 12.7. The minimum absolute atomic E-state index is 0.0967. The van der Waals surface area contributed by atoms with E-state index in [9.17, 15) is 14.4 Å². The smallest absolute Gasteiger partial charge is 0.169 e. The number of Topliss-reactive ketones (excluding diaryl/α,β-unsaturated/α-hetero) is 3. The maximum absolute atomic E-state index is 13.1. The second-order valence-corrected chi connectivity index (χ2v) is 37.7. The Morgan fingerprint density at radius 2 is 0.756 bits per heavy atom. The lowest BCUT2D eigenvalue weighted by Gasteiger charge is -2.12. The number of hydrogen-bond acceptors (Lipinski definition) is 18. The summed E-state index contributed by atoms with van der Waals surface area (Å²) >= 11 is 23.5. The van der Waals surface area contributed by atoms with Crippen LogP contribution in [0.25, 0.3) is 130 Å². The van der Waals surface area contributed by atoms with Crippen LogP contribution >= 0.6 is 147 Å². The Kier molecular flexibility index (Phi) is 15.1. The van der Waals surface area contributed by atoms with E-state index in [2.05, 4.69) is 122 Å². The van der Waals surface area contributed by atoms with E-state index >= 15 is 0 Å². The van der Waals surface area contributed by atoms with Gasteiger partial charge in [-0.3, -0.25) is 14.4 Å². The Hall–Kier alpha value is -5.29. The first kappa shape index (κ1) is 59.7. The van der Waals surface area contributed by atoms with Crippen LogP contribution in [0.15, 0.2) is 66.7 Å². The minimum atomic E-state index is 0.0967. The number of hydrogen-bond donors (Lipinski definition) is 0. The first-order chi connectivity index (χ1) is 43.4. The van der Waals surface area contributed by atoms with Gasteiger partial charge in [0.2, 0.25) is 0 Å². The van der Waals surface area contributed by atoms with E-state index in [0.29, 0.717) is 13.2 Å². The van der Waals surface area contributed by atoms with Crippen molar-refractivity contribution in [1.82, 2.24) is 0 Å². The van der Waals surface area contributed by atoms with Gasteiger partial charge in [0.15, 0.2) is 17.3 Å². The molecule has 0 amide bonds. The van der Waals surface area contributed by atoms with E-state index in [0.717, 1.165) is 77.4 Å². The first-order valence-electron chi connectivity index (χ1n) is 29.8. The molecule has 90 heavy (non-hydrogen) atoms. The largest absolute Gasteiger partial charge is 0.491 e. The number of ketones is 3. The summed E-state index contributed by atoms with van der Waals surface area (Å²) < 4.78 is 24.5. The van der Waals surface area contributed by atoms with Crippen molar-refractivity contribution in [3.63, 3.8) is 0 Å². The summed E-state index contributed by atoms with van der Waals surface area (Å²) in [6.45, 7) is 24.1. The lowest BCUT2D eigenvalue weighted by Crippen LogP contribution is -1.98. The van der Waals surface area contributed by atoms with Gasteiger partial charge in [-0.15, -0.1) is 147 Å². The Bertz CT molecular complexity index is 5540.